The van der Waals surface area contributed by atoms with Gasteiger partial charge in [0.05, 0.1) is 6.20 Å². The van der Waals surface area contributed by atoms with Crippen LogP contribution in [0, 0.1) is 17.1 Å². The summed E-state index contributed by atoms with van der Waals surface area (Å²) in [4.78, 5) is 12.5. The molecule has 1 N–H and O–H groups in total. The van der Waals surface area contributed by atoms with Crippen molar-refractivity contribution < 1.29 is 9.18 Å². The van der Waals surface area contributed by atoms with Crippen LogP contribution in [0.2, 0.25) is 0 Å². The number of anilines is 1. The molecule has 5 nitrogen and oxygen atoms in total. The van der Waals surface area contributed by atoms with Crippen molar-refractivity contribution in [3.05, 3.63) is 58.7 Å². The fraction of sp³-hybridized carbons (Fsp3) is 0.235. The Morgan fingerprint density at radius 2 is 2.17 bits per heavy atom. The monoisotopic (exact) mass is 308 g/mol. The lowest BCUT2D eigenvalue weighted by Crippen LogP contribution is -2.32. The number of carbonyl (C=O) groups excluding carboxylic acids is 1. The van der Waals surface area contributed by atoms with Crippen LogP contribution in [0.3, 0.4) is 0 Å². The number of nitriles is 1. The van der Waals surface area contributed by atoms with Crippen molar-refractivity contribution >= 4 is 11.6 Å². The average Bonchev–Trinajstić information content (AvgIpc) is 2.96. The van der Waals surface area contributed by atoms with Crippen LogP contribution in [0.15, 0.2) is 41.7 Å². The molecule has 1 atom stereocenters. The van der Waals surface area contributed by atoms with Gasteiger partial charge in [-0.05, 0) is 18.9 Å². The van der Waals surface area contributed by atoms with Crippen LogP contribution in [0.4, 0.5) is 10.2 Å². The molecule has 0 saturated heterocycles. The SMILES string of the molecule is N#Cc1cnn2c1NC1=C(C(=O)CCC1)[C@@H]2c1ccccc1F. The number of hydrogen-bond acceptors (Lipinski definition) is 4. The van der Waals surface area contributed by atoms with Gasteiger partial charge in [0.1, 0.15) is 29.3 Å². The maximum absolute atomic E-state index is 14.4. The number of Topliss-reactive ketones (excluding diaryl/α,β-unsaturated/α-hetero) is 1. The Hall–Kier alpha value is -2.94. The summed E-state index contributed by atoms with van der Waals surface area (Å²) in [6, 6.07) is 7.84. The molecule has 0 saturated carbocycles. The standard InChI is InChI=1S/C17H13FN4O/c18-12-5-2-1-4-11(12)16-15-13(6-3-7-14(15)23)21-17-10(8-19)9-20-22(16)17/h1-2,4-5,9,16,21H,3,6-7H2/t16-/m0/s1. The predicted molar refractivity (Wildman–Crippen MR) is 81.0 cm³/mol. The number of ketones is 1. The highest BCUT2D eigenvalue weighted by Gasteiger charge is 2.37. The molecule has 4 rings (SSSR count). The molecule has 1 aromatic carbocycles. The minimum Gasteiger partial charge on any atom is -0.342 e. The molecule has 2 aliphatic rings. The van der Waals surface area contributed by atoms with Gasteiger partial charge in [0.2, 0.25) is 0 Å². The number of allylic oxidation sites excluding steroid dienone is 2. The van der Waals surface area contributed by atoms with Crippen LogP contribution < -0.4 is 5.32 Å². The lowest BCUT2D eigenvalue weighted by molar-refractivity contribution is -0.116. The summed E-state index contributed by atoms with van der Waals surface area (Å²) in [6.45, 7) is 0. The van der Waals surface area contributed by atoms with Crippen LogP contribution in [-0.4, -0.2) is 15.6 Å². The van der Waals surface area contributed by atoms with Gasteiger partial charge in [-0.2, -0.15) is 10.4 Å². The van der Waals surface area contributed by atoms with Gasteiger partial charge >= 0.3 is 0 Å². The zero-order valence-electron chi connectivity index (χ0n) is 12.2. The van der Waals surface area contributed by atoms with Crippen LogP contribution in [0.25, 0.3) is 0 Å². The lowest BCUT2D eigenvalue weighted by Gasteiger charge is -2.33. The first kappa shape index (κ1) is 13.7. The number of hydrogen-bond donors (Lipinski definition) is 1. The van der Waals surface area contributed by atoms with E-state index in [0.717, 1.165) is 12.1 Å². The molecule has 1 aliphatic heterocycles. The topological polar surface area (TPSA) is 70.7 Å². The second kappa shape index (κ2) is 5.06. The van der Waals surface area contributed by atoms with E-state index in [0.29, 0.717) is 35.4 Å². The summed E-state index contributed by atoms with van der Waals surface area (Å²) >= 11 is 0. The molecule has 114 valence electrons. The number of nitrogens with zero attached hydrogens (tertiary/aromatic N) is 3. The zero-order valence-corrected chi connectivity index (χ0v) is 12.2. The molecule has 0 fully saturated rings. The van der Waals surface area contributed by atoms with Gasteiger partial charge in [0.15, 0.2) is 5.78 Å². The first-order valence-electron chi connectivity index (χ1n) is 7.46. The molecule has 1 aliphatic carbocycles. The summed E-state index contributed by atoms with van der Waals surface area (Å²) in [7, 11) is 0. The molecule has 0 amide bonds. The van der Waals surface area contributed by atoms with Crippen LogP contribution in [0.1, 0.15) is 36.4 Å². The number of fused-ring (bicyclic) bond motifs is 1. The largest absolute Gasteiger partial charge is 0.342 e. The molecule has 2 aromatic rings. The van der Waals surface area contributed by atoms with Crippen molar-refractivity contribution in [1.29, 1.82) is 5.26 Å². The maximum Gasteiger partial charge on any atom is 0.163 e. The Morgan fingerprint density at radius 1 is 1.35 bits per heavy atom. The van der Waals surface area contributed by atoms with E-state index in [1.54, 1.807) is 22.9 Å². The highest BCUT2D eigenvalue weighted by atomic mass is 19.1. The van der Waals surface area contributed by atoms with Gasteiger partial charge in [0.25, 0.3) is 0 Å². The number of halogens is 1. The Labute approximate surface area is 132 Å². The number of rotatable bonds is 1. The number of nitrogens with one attached hydrogen (secondary N) is 1. The van der Waals surface area contributed by atoms with Crippen molar-refractivity contribution in [3.8, 4) is 6.07 Å². The third-order valence-corrected chi connectivity index (χ3v) is 4.36. The quantitative estimate of drug-likeness (QED) is 0.879. The second-order valence-electron chi connectivity index (χ2n) is 5.68. The molecule has 2 heterocycles. The highest BCUT2D eigenvalue weighted by molar-refractivity contribution is 5.99. The van der Waals surface area contributed by atoms with E-state index in [1.807, 2.05) is 0 Å². The normalized spacial score (nSPS) is 19.7. The Kier molecular flexibility index (Phi) is 3.01. The Balaban J connectivity index is 1.98. The lowest BCUT2D eigenvalue weighted by atomic mass is 9.85. The Morgan fingerprint density at radius 3 is 2.96 bits per heavy atom. The van der Waals surface area contributed by atoms with Gasteiger partial charge in [-0.15, -0.1) is 0 Å². The van der Waals surface area contributed by atoms with Crippen molar-refractivity contribution in [2.75, 3.05) is 5.32 Å². The summed E-state index contributed by atoms with van der Waals surface area (Å²) < 4.78 is 15.9. The van der Waals surface area contributed by atoms with E-state index in [-0.39, 0.29) is 11.6 Å². The van der Waals surface area contributed by atoms with Gasteiger partial charge in [-0.1, -0.05) is 18.2 Å². The van der Waals surface area contributed by atoms with Crippen molar-refractivity contribution in [1.82, 2.24) is 9.78 Å². The minimum absolute atomic E-state index is 0.00617. The third kappa shape index (κ3) is 1.97. The number of carbonyl (C=O) groups is 1. The smallest absolute Gasteiger partial charge is 0.163 e. The van der Waals surface area contributed by atoms with E-state index in [1.165, 1.54) is 12.3 Å². The van der Waals surface area contributed by atoms with E-state index in [9.17, 15) is 14.4 Å². The van der Waals surface area contributed by atoms with Crippen LogP contribution in [0.5, 0.6) is 0 Å². The highest BCUT2D eigenvalue weighted by Crippen LogP contribution is 2.41. The molecular weight excluding hydrogens is 295 g/mol. The predicted octanol–water partition coefficient (Wildman–Crippen LogP) is 2.92. The van der Waals surface area contributed by atoms with Gasteiger partial charge in [-0.25, -0.2) is 9.07 Å². The van der Waals surface area contributed by atoms with E-state index in [4.69, 9.17) is 0 Å². The Bertz CT molecular complexity index is 890. The van der Waals surface area contributed by atoms with Crippen molar-refractivity contribution in [3.63, 3.8) is 0 Å². The fourth-order valence-electron chi connectivity index (χ4n) is 3.32. The van der Waals surface area contributed by atoms with Crippen LogP contribution in [-0.2, 0) is 4.79 Å². The molecule has 6 heteroatoms. The fourth-order valence-corrected chi connectivity index (χ4v) is 3.32. The maximum atomic E-state index is 14.4. The number of benzene rings is 1. The summed E-state index contributed by atoms with van der Waals surface area (Å²) in [5.74, 6) is 0.144. The molecule has 0 radical (unpaired) electrons. The first-order valence-corrected chi connectivity index (χ1v) is 7.46. The van der Waals surface area contributed by atoms with E-state index in [2.05, 4.69) is 16.5 Å². The molecule has 0 unspecified atom stereocenters. The third-order valence-electron chi connectivity index (χ3n) is 4.36. The van der Waals surface area contributed by atoms with Crippen LogP contribution >= 0.6 is 0 Å². The van der Waals surface area contributed by atoms with E-state index < -0.39 is 6.04 Å². The van der Waals surface area contributed by atoms with Gasteiger partial charge < -0.3 is 5.32 Å². The first-order chi connectivity index (χ1) is 11.2. The summed E-state index contributed by atoms with van der Waals surface area (Å²) in [6.07, 6.45) is 3.36. The number of aromatic nitrogens is 2. The zero-order chi connectivity index (χ0) is 16.0. The van der Waals surface area contributed by atoms with E-state index >= 15 is 0 Å². The summed E-state index contributed by atoms with van der Waals surface area (Å²) in [5, 5.41) is 16.6. The molecule has 0 spiro atoms. The average molecular weight is 308 g/mol. The van der Waals surface area contributed by atoms with Crippen molar-refractivity contribution in [2.45, 2.75) is 25.3 Å². The van der Waals surface area contributed by atoms with Crippen molar-refractivity contribution in [2.24, 2.45) is 0 Å². The molecule has 0 bridgehead atoms. The molecule has 23 heavy (non-hydrogen) atoms. The second-order valence-corrected chi connectivity index (χ2v) is 5.68. The minimum atomic E-state index is -0.627. The van der Waals surface area contributed by atoms with Gasteiger partial charge in [0, 0.05) is 23.3 Å². The molecular formula is C17H13FN4O. The molecule has 1 aromatic heterocycles. The van der Waals surface area contributed by atoms with Gasteiger partial charge in [-0.3, -0.25) is 4.79 Å². The summed E-state index contributed by atoms with van der Waals surface area (Å²) in [5.41, 5.74) is 2.11.